The summed E-state index contributed by atoms with van der Waals surface area (Å²) in [5.74, 6) is -1.94. The van der Waals surface area contributed by atoms with Gasteiger partial charge in [-0.25, -0.2) is 8.78 Å². The Labute approximate surface area is 236 Å². The molecule has 0 aromatic heterocycles. The summed E-state index contributed by atoms with van der Waals surface area (Å²) in [4.78, 5) is 32.6. The third-order valence-electron chi connectivity index (χ3n) is 7.28. The molecule has 9 nitrogen and oxygen atoms in total. The highest BCUT2D eigenvalue weighted by atomic mass is 19.1. The first-order valence-corrected chi connectivity index (χ1v) is 13.4. The summed E-state index contributed by atoms with van der Waals surface area (Å²) in [5.41, 5.74) is 16.1. The number of aliphatic imine (C=N–C) groups is 1. The second kappa shape index (κ2) is 12.3. The number of carbonyl (C=O) groups is 2. The third-order valence-corrected chi connectivity index (χ3v) is 7.28. The molecule has 2 amide bonds. The van der Waals surface area contributed by atoms with Crippen molar-refractivity contribution in [1.29, 1.82) is 0 Å². The third kappa shape index (κ3) is 6.80. The summed E-state index contributed by atoms with van der Waals surface area (Å²) in [6.07, 6.45) is 2.66. The van der Waals surface area contributed by atoms with E-state index in [0.29, 0.717) is 66.6 Å². The number of halogens is 2. The monoisotopic (exact) mass is 562 g/mol. The number of carbonyl (C=O) groups excluding carboxylic acids is 2. The zero-order chi connectivity index (χ0) is 28.9. The molecule has 0 radical (unpaired) electrons. The van der Waals surface area contributed by atoms with Gasteiger partial charge in [0.05, 0.1) is 12.2 Å². The maximum absolute atomic E-state index is 13.7. The first kappa shape index (κ1) is 28.0. The van der Waals surface area contributed by atoms with Crippen molar-refractivity contribution in [2.45, 2.75) is 25.3 Å². The fourth-order valence-corrected chi connectivity index (χ4v) is 5.12. The van der Waals surface area contributed by atoms with E-state index >= 15 is 0 Å². The lowest BCUT2D eigenvalue weighted by atomic mass is 10.0. The highest BCUT2D eigenvalue weighted by molar-refractivity contribution is 6.12. The van der Waals surface area contributed by atoms with Gasteiger partial charge >= 0.3 is 0 Å². The number of hydrogen-bond acceptors (Lipinski definition) is 6. The molecule has 11 heteroatoms. The van der Waals surface area contributed by atoms with Crippen LogP contribution in [0.25, 0.3) is 0 Å². The largest absolute Gasteiger partial charge is 0.398 e. The molecule has 2 aliphatic rings. The predicted octanol–water partition coefficient (Wildman–Crippen LogP) is 3.51. The van der Waals surface area contributed by atoms with E-state index in [1.165, 1.54) is 12.1 Å². The number of amidine groups is 1. The Balaban J connectivity index is 1.41. The minimum Gasteiger partial charge on any atom is -0.398 e. The molecule has 0 bridgehead atoms. The van der Waals surface area contributed by atoms with E-state index in [2.05, 4.69) is 15.2 Å². The van der Waals surface area contributed by atoms with E-state index in [1.54, 1.807) is 29.2 Å². The quantitative estimate of drug-likeness (QED) is 0.166. The van der Waals surface area contributed by atoms with E-state index in [1.807, 2.05) is 12.1 Å². The van der Waals surface area contributed by atoms with Crippen LogP contribution in [0.2, 0.25) is 0 Å². The second-order valence-electron chi connectivity index (χ2n) is 10.3. The van der Waals surface area contributed by atoms with Crippen molar-refractivity contribution >= 4 is 35.2 Å². The Morgan fingerprint density at radius 3 is 2.46 bits per heavy atom. The highest BCUT2D eigenvalue weighted by Gasteiger charge is 2.23. The lowest BCUT2D eigenvalue weighted by molar-refractivity contribution is -0.117. The molecule has 5 N–H and O–H groups in total. The molecule has 2 fully saturated rings. The van der Waals surface area contributed by atoms with E-state index in [-0.39, 0.29) is 18.3 Å². The number of amides is 2. The van der Waals surface area contributed by atoms with Crippen LogP contribution in [0.15, 0.2) is 59.6 Å². The molecule has 0 unspecified atom stereocenters. The Kier molecular flexibility index (Phi) is 8.44. The summed E-state index contributed by atoms with van der Waals surface area (Å²) in [5, 5.41) is 3.48. The minimum absolute atomic E-state index is 0.0676. The first-order valence-electron chi connectivity index (χ1n) is 13.4. The van der Waals surface area contributed by atoms with E-state index in [4.69, 9.17) is 16.2 Å². The number of rotatable bonds is 8. The summed E-state index contributed by atoms with van der Waals surface area (Å²) in [6.45, 7) is 3.04. The highest BCUT2D eigenvalue weighted by Crippen LogP contribution is 2.28. The van der Waals surface area contributed by atoms with Gasteiger partial charge in [-0.05, 0) is 72.9 Å². The minimum atomic E-state index is -0.663. The van der Waals surface area contributed by atoms with Crippen LogP contribution in [-0.4, -0.2) is 62.1 Å². The average Bonchev–Trinajstić information content (AvgIpc) is 3.43. The van der Waals surface area contributed by atoms with Gasteiger partial charge < -0.3 is 31.3 Å². The Hall–Kier alpha value is -4.51. The van der Waals surface area contributed by atoms with Gasteiger partial charge in [0.1, 0.15) is 17.5 Å². The molecule has 2 aliphatic heterocycles. The second-order valence-corrected chi connectivity index (χ2v) is 10.3. The van der Waals surface area contributed by atoms with Crippen molar-refractivity contribution in [1.82, 2.24) is 4.90 Å². The van der Waals surface area contributed by atoms with Crippen molar-refractivity contribution < 1.29 is 23.1 Å². The molecule has 0 atom stereocenters. The number of anilines is 3. The van der Waals surface area contributed by atoms with E-state index in [0.717, 1.165) is 31.0 Å². The van der Waals surface area contributed by atoms with Crippen LogP contribution in [0.5, 0.6) is 0 Å². The Morgan fingerprint density at radius 2 is 1.76 bits per heavy atom. The van der Waals surface area contributed by atoms with Crippen LogP contribution in [0.3, 0.4) is 0 Å². The SMILES string of the molecule is NC(=NC(=O)c1ccc(N2CCN(C=O)C2)cc1NC1CCOCC1)c1cc(Cc2cc(F)cc(F)c2)ccc1N. The molecule has 2 saturated heterocycles. The Bertz CT molecular complexity index is 1450. The van der Waals surface area contributed by atoms with Crippen LogP contribution < -0.4 is 21.7 Å². The lowest BCUT2D eigenvalue weighted by Gasteiger charge is -2.26. The molecule has 214 valence electrons. The summed E-state index contributed by atoms with van der Waals surface area (Å²) in [6, 6.07) is 13.9. The molecular formula is C30H32F2N6O3. The van der Waals surface area contributed by atoms with Gasteiger partial charge in [-0.1, -0.05) is 6.07 Å². The van der Waals surface area contributed by atoms with Crippen LogP contribution in [-0.2, 0) is 16.0 Å². The zero-order valence-electron chi connectivity index (χ0n) is 22.5. The van der Waals surface area contributed by atoms with Gasteiger partial charge in [-0.15, -0.1) is 0 Å². The van der Waals surface area contributed by atoms with Crippen molar-refractivity contribution in [3.8, 4) is 0 Å². The van der Waals surface area contributed by atoms with Crippen molar-refractivity contribution in [2.75, 3.05) is 48.9 Å². The van der Waals surface area contributed by atoms with Crippen LogP contribution in [0, 0.1) is 11.6 Å². The maximum Gasteiger partial charge on any atom is 0.281 e. The summed E-state index contributed by atoms with van der Waals surface area (Å²) in [7, 11) is 0. The molecule has 3 aromatic carbocycles. The molecule has 41 heavy (non-hydrogen) atoms. The van der Waals surface area contributed by atoms with Crippen molar-refractivity contribution in [3.63, 3.8) is 0 Å². The maximum atomic E-state index is 13.7. The number of nitrogens with one attached hydrogen (secondary N) is 1. The number of hydrogen-bond donors (Lipinski definition) is 3. The molecular weight excluding hydrogens is 530 g/mol. The van der Waals surface area contributed by atoms with Gasteiger partial charge in [0, 0.05) is 61.0 Å². The fourth-order valence-electron chi connectivity index (χ4n) is 5.12. The molecule has 3 aromatic rings. The van der Waals surface area contributed by atoms with Gasteiger partial charge in [-0.2, -0.15) is 4.99 Å². The fraction of sp³-hybridized carbons (Fsp3) is 0.300. The predicted molar refractivity (Wildman–Crippen MR) is 154 cm³/mol. The van der Waals surface area contributed by atoms with Gasteiger partial charge in [-0.3, -0.25) is 9.59 Å². The number of ether oxygens (including phenoxy) is 1. The van der Waals surface area contributed by atoms with E-state index < -0.39 is 17.5 Å². The zero-order valence-corrected chi connectivity index (χ0v) is 22.5. The molecule has 2 heterocycles. The molecule has 0 saturated carbocycles. The average molecular weight is 563 g/mol. The summed E-state index contributed by atoms with van der Waals surface area (Å²) >= 11 is 0. The van der Waals surface area contributed by atoms with Gasteiger partial charge in [0.2, 0.25) is 6.41 Å². The van der Waals surface area contributed by atoms with Crippen molar-refractivity contribution in [3.05, 3.63) is 88.5 Å². The van der Waals surface area contributed by atoms with Crippen LogP contribution in [0.4, 0.5) is 25.8 Å². The van der Waals surface area contributed by atoms with E-state index in [9.17, 15) is 18.4 Å². The number of nitrogen functional groups attached to an aromatic ring is 1. The molecule has 0 spiro atoms. The van der Waals surface area contributed by atoms with Gasteiger partial charge in [0.15, 0.2) is 0 Å². The smallest absolute Gasteiger partial charge is 0.281 e. The molecule has 5 rings (SSSR count). The van der Waals surface area contributed by atoms with Gasteiger partial charge in [0.25, 0.3) is 5.91 Å². The first-order chi connectivity index (χ1) is 19.8. The van der Waals surface area contributed by atoms with Crippen LogP contribution in [0.1, 0.15) is 39.9 Å². The normalized spacial score (nSPS) is 16.2. The number of benzene rings is 3. The lowest BCUT2D eigenvalue weighted by Crippen LogP contribution is -2.29. The van der Waals surface area contributed by atoms with Crippen LogP contribution >= 0.6 is 0 Å². The number of nitrogens with two attached hydrogens (primary N) is 2. The topological polar surface area (TPSA) is 126 Å². The van der Waals surface area contributed by atoms with Crippen molar-refractivity contribution in [2.24, 2.45) is 10.7 Å². The standard InChI is InChI=1S/C30H32F2N6O3/c31-21-12-20(13-22(32)15-21)11-19-1-4-27(33)26(14-19)29(34)36-30(40)25-3-2-24(38-8-7-37(17-38)18-39)16-28(25)35-23-5-9-41-10-6-23/h1-4,12-16,18,23,35H,5-11,17,33H2,(H2,34,36,40). The Morgan fingerprint density at radius 1 is 1.00 bits per heavy atom. The molecule has 0 aliphatic carbocycles. The number of nitrogens with zero attached hydrogens (tertiary/aromatic N) is 3. The summed E-state index contributed by atoms with van der Waals surface area (Å²) < 4.78 is 32.8.